The van der Waals surface area contributed by atoms with Gasteiger partial charge in [0.1, 0.15) is 5.60 Å². The molecule has 0 aromatic rings. The van der Waals surface area contributed by atoms with E-state index in [0.717, 1.165) is 0 Å². The lowest BCUT2D eigenvalue weighted by Crippen LogP contribution is -2.48. The van der Waals surface area contributed by atoms with E-state index in [1.54, 1.807) is 41.8 Å². The van der Waals surface area contributed by atoms with Gasteiger partial charge in [-0.25, -0.2) is 4.79 Å². The van der Waals surface area contributed by atoms with Crippen LogP contribution in [-0.4, -0.2) is 49.6 Å². The highest BCUT2D eigenvalue weighted by Gasteiger charge is 2.45. The molecule has 2 atom stereocenters. The third-order valence-corrected chi connectivity index (χ3v) is 4.74. The zero-order valence-corrected chi connectivity index (χ0v) is 17.1. The van der Waals surface area contributed by atoms with Gasteiger partial charge in [-0.15, -0.1) is 0 Å². The lowest BCUT2D eigenvalue weighted by molar-refractivity contribution is -0.166. The van der Waals surface area contributed by atoms with E-state index in [2.05, 4.69) is 6.58 Å². The fourth-order valence-corrected chi connectivity index (χ4v) is 2.54. The zero-order chi connectivity index (χ0) is 20.2. The number of hydrogen-bond donors (Lipinski definition) is 0. The standard InChI is InChI=1S/C19H33NO5/c1-12(2)16(22)25-19(6,7)14(15(21)20(8)9)11-18(4,5)13(3)17(23)24-10/h13-14H,1,11H2,2-10H3. The highest BCUT2D eigenvalue weighted by Crippen LogP contribution is 2.40. The minimum absolute atomic E-state index is 0.162. The summed E-state index contributed by atoms with van der Waals surface area (Å²) >= 11 is 0. The molecule has 0 aliphatic rings. The summed E-state index contributed by atoms with van der Waals surface area (Å²) in [6.45, 7) is 14.1. The lowest BCUT2D eigenvalue weighted by atomic mass is 9.69. The van der Waals surface area contributed by atoms with E-state index in [9.17, 15) is 14.4 Å². The molecule has 0 bridgehead atoms. The molecular weight excluding hydrogens is 322 g/mol. The highest BCUT2D eigenvalue weighted by atomic mass is 16.6. The zero-order valence-electron chi connectivity index (χ0n) is 17.1. The van der Waals surface area contributed by atoms with E-state index in [1.807, 2.05) is 13.8 Å². The van der Waals surface area contributed by atoms with Gasteiger partial charge in [0, 0.05) is 19.7 Å². The van der Waals surface area contributed by atoms with Crippen molar-refractivity contribution in [3.05, 3.63) is 12.2 Å². The van der Waals surface area contributed by atoms with Crippen molar-refractivity contribution in [2.75, 3.05) is 21.2 Å². The molecule has 0 spiro atoms. The van der Waals surface area contributed by atoms with Crippen LogP contribution in [0, 0.1) is 17.3 Å². The first-order chi connectivity index (χ1) is 11.2. The summed E-state index contributed by atoms with van der Waals surface area (Å²) in [6, 6.07) is 0. The molecule has 0 N–H and O–H groups in total. The number of rotatable bonds is 8. The highest BCUT2D eigenvalue weighted by molar-refractivity contribution is 5.88. The largest absolute Gasteiger partial charge is 0.469 e. The van der Waals surface area contributed by atoms with Crippen LogP contribution in [0.2, 0.25) is 0 Å². The number of amides is 1. The van der Waals surface area contributed by atoms with E-state index in [4.69, 9.17) is 9.47 Å². The predicted octanol–water partition coefficient (Wildman–Crippen LogP) is 2.81. The quantitative estimate of drug-likeness (QED) is 0.494. The fraction of sp³-hybridized carbons (Fsp3) is 0.737. The Kier molecular flexibility index (Phi) is 7.87. The molecular formula is C19H33NO5. The van der Waals surface area contributed by atoms with Crippen molar-refractivity contribution >= 4 is 17.8 Å². The van der Waals surface area contributed by atoms with Crippen molar-refractivity contribution < 1.29 is 23.9 Å². The molecule has 25 heavy (non-hydrogen) atoms. The van der Waals surface area contributed by atoms with Crippen molar-refractivity contribution in [3.63, 3.8) is 0 Å². The molecule has 0 fully saturated rings. The lowest BCUT2D eigenvalue weighted by Gasteiger charge is -2.40. The van der Waals surface area contributed by atoms with E-state index >= 15 is 0 Å². The molecule has 6 nitrogen and oxygen atoms in total. The van der Waals surface area contributed by atoms with Gasteiger partial charge >= 0.3 is 11.9 Å². The molecule has 0 radical (unpaired) electrons. The summed E-state index contributed by atoms with van der Waals surface area (Å²) in [5.41, 5.74) is -1.31. The summed E-state index contributed by atoms with van der Waals surface area (Å²) in [5, 5.41) is 0. The molecule has 0 saturated carbocycles. The number of nitrogens with zero attached hydrogens (tertiary/aromatic N) is 1. The predicted molar refractivity (Wildman–Crippen MR) is 96.7 cm³/mol. The first-order valence-electron chi connectivity index (χ1n) is 8.35. The normalized spacial score (nSPS) is 14.3. The van der Waals surface area contributed by atoms with Crippen LogP contribution in [0.15, 0.2) is 12.2 Å². The average Bonchev–Trinajstić information content (AvgIpc) is 2.49. The van der Waals surface area contributed by atoms with Crippen LogP contribution >= 0.6 is 0 Å². The number of esters is 2. The molecule has 0 aromatic carbocycles. The Bertz CT molecular complexity index is 534. The van der Waals surface area contributed by atoms with Crippen LogP contribution in [0.25, 0.3) is 0 Å². The van der Waals surface area contributed by atoms with E-state index in [-0.39, 0.29) is 17.4 Å². The molecule has 0 heterocycles. The molecule has 0 rings (SSSR count). The number of methoxy groups -OCH3 is 1. The van der Waals surface area contributed by atoms with Gasteiger partial charge in [-0.05, 0) is 32.6 Å². The van der Waals surface area contributed by atoms with Gasteiger partial charge in [-0.3, -0.25) is 9.59 Å². The molecule has 0 saturated heterocycles. The van der Waals surface area contributed by atoms with Gasteiger partial charge in [-0.1, -0.05) is 27.4 Å². The SMILES string of the molecule is C=C(C)C(=O)OC(C)(C)C(CC(C)(C)C(C)C(=O)OC)C(=O)N(C)C. The van der Waals surface area contributed by atoms with Crippen molar-refractivity contribution in [3.8, 4) is 0 Å². The average molecular weight is 355 g/mol. The van der Waals surface area contributed by atoms with Crippen LogP contribution in [0.5, 0.6) is 0 Å². The molecule has 144 valence electrons. The minimum atomic E-state index is -1.05. The van der Waals surface area contributed by atoms with E-state index < -0.39 is 28.8 Å². The molecule has 0 aliphatic heterocycles. The van der Waals surface area contributed by atoms with E-state index in [1.165, 1.54) is 12.0 Å². The van der Waals surface area contributed by atoms with Crippen molar-refractivity contribution in [2.24, 2.45) is 17.3 Å². The third-order valence-electron chi connectivity index (χ3n) is 4.74. The molecule has 1 amide bonds. The summed E-state index contributed by atoms with van der Waals surface area (Å²) in [4.78, 5) is 38.2. The second-order valence-corrected chi connectivity index (χ2v) is 8.00. The van der Waals surface area contributed by atoms with Crippen molar-refractivity contribution in [2.45, 2.75) is 53.6 Å². The van der Waals surface area contributed by atoms with Gasteiger partial charge in [0.05, 0.1) is 18.9 Å². The van der Waals surface area contributed by atoms with Gasteiger partial charge in [-0.2, -0.15) is 0 Å². The fourth-order valence-electron chi connectivity index (χ4n) is 2.54. The van der Waals surface area contributed by atoms with Crippen LogP contribution in [0.4, 0.5) is 0 Å². The van der Waals surface area contributed by atoms with E-state index in [0.29, 0.717) is 6.42 Å². The first-order valence-corrected chi connectivity index (χ1v) is 8.35. The summed E-state index contributed by atoms with van der Waals surface area (Å²) in [6.07, 6.45) is 0.358. The number of carbonyl (C=O) groups is 3. The Balaban J connectivity index is 5.72. The minimum Gasteiger partial charge on any atom is -0.469 e. The molecule has 6 heteroatoms. The summed E-state index contributed by atoms with van der Waals surface area (Å²) in [7, 11) is 4.65. The van der Waals surface area contributed by atoms with Crippen molar-refractivity contribution in [1.82, 2.24) is 4.90 Å². The Hall–Kier alpha value is -1.85. The smallest absolute Gasteiger partial charge is 0.333 e. The molecule has 0 aliphatic carbocycles. The summed E-state index contributed by atoms with van der Waals surface area (Å²) in [5.74, 6) is -2.07. The second kappa shape index (κ2) is 8.50. The number of ether oxygens (including phenoxy) is 2. The Morgan fingerprint density at radius 3 is 1.96 bits per heavy atom. The van der Waals surface area contributed by atoms with Crippen LogP contribution < -0.4 is 0 Å². The Morgan fingerprint density at radius 1 is 1.12 bits per heavy atom. The maximum Gasteiger partial charge on any atom is 0.333 e. The number of hydrogen-bond acceptors (Lipinski definition) is 5. The van der Waals surface area contributed by atoms with Crippen LogP contribution in [0.1, 0.15) is 48.0 Å². The Morgan fingerprint density at radius 2 is 1.60 bits per heavy atom. The van der Waals surface area contributed by atoms with Gasteiger partial charge < -0.3 is 14.4 Å². The second-order valence-electron chi connectivity index (χ2n) is 8.00. The Labute approximate surface area is 151 Å². The maximum atomic E-state index is 12.8. The van der Waals surface area contributed by atoms with Gasteiger partial charge in [0.25, 0.3) is 0 Å². The van der Waals surface area contributed by atoms with Gasteiger partial charge in [0.15, 0.2) is 0 Å². The summed E-state index contributed by atoms with van der Waals surface area (Å²) < 4.78 is 10.4. The first kappa shape index (κ1) is 23.1. The van der Waals surface area contributed by atoms with Crippen molar-refractivity contribution in [1.29, 1.82) is 0 Å². The van der Waals surface area contributed by atoms with Gasteiger partial charge in [0.2, 0.25) is 5.91 Å². The monoisotopic (exact) mass is 355 g/mol. The molecule has 0 aromatic heterocycles. The third kappa shape index (κ3) is 6.18. The molecule has 2 unspecified atom stereocenters. The van der Waals surface area contributed by atoms with Crippen LogP contribution in [-0.2, 0) is 23.9 Å². The maximum absolute atomic E-state index is 12.8. The number of carbonyl (C=O) groups excluding carboxylic acids is 3. The topological polar surface area (TPSA) is 72.9 Å². The van der Waals surface area contributed by atoms with Crippen LogP contribution in [0.3, 0.4) is 0 Å².